The van der Waals surface area contributed by atoms with Crippen molar-refractivity contribution in [3.05, 3.63) is 18.0 Å². The lowest BCUT2D eigenvalue weighted by Gasteiger charge is -2.13. The summed E-state index contributed by atoms with van der Waals surface area (Å²) in [6.45, 7) is 10.7. The lowest BCUT2D eigenvalue weighted by atomic mass is 10.4. The first-order valence-corrected chi connectivity index (χ1v) is 6.15. The monoisotopic (exact) mass is 365 g/mol. The zero-order chi connectivity index (χ0) is 12.7. The Morgan fingerprint density at radius 3 is 2.72 bits per heavy atom. The van der Waals surface area contributed by atoms with E-state index in [4.69, 9.17) is 0 Å². The normalized spacial score (nSPS) is 11.3. The SMILES string of the molecule is CCNC(=NCCn1cc(C)cn1)NC(C)C.I. The Morgan fingerprint density at radius 1 is 1.50 bits per heavy atom. The van der Waals surface area contributed by atoms with Crippen LogP contribution in [0.3, 0.4) is 0 Å². The number of hydrogen-bond donors (Lipinski definition) is 2. The summed E-state index contributed by atoms with van der Waals surface area (Å²) < 4.78 is 1.91. The van der Waals surface area contributed by atoms with Crippen LogP contribution in [-0.2, 0) is 6.54 Å². The number of rotatable bonds is 5. The second-order valence-corrected chi connectivity index (χ2v) is 4.34. The topological polar surface area (TPSA) is 54.2 Å². The molecular formula is C12H24IN5. The van der Waals surface area contributed by atoms with Gasteiger partial charge in [0.05, 0.1) is 19.3 Å². The van der Waals surface area contributed by atoms with Crippen molar-refractivity contribution in [2.75, 3.05) is 13.1 Å². The maximum absolute atomic E-state index is 4.49. The third kappa shape index (κ3) is 6.83. The lowest BCUT2D eigenvalue weighted by Crippen LogP contribution is -2.41. The van der Waals surface area contributed by atoms with Gasteiger partial charge in [-0.25, -0.2) is 0 Å². The summed E-state index contributed by atoms with van der Waals surface area (Å²) >= 11 is 0. The Labute approximate surface area is 126 Å². The van der Waals surface area contributed by atoms with Crippen LogP contribution >= 0.6 is 24.0 Å². The number of nitrogens with one attached hydrogen (secondary N) is 2. The lowest BCUT2D eigenvalue weighted by molar-refractivity contribution is 0.618. The first-order chi connectivity index (χ1) is 8.11. The molecule has 1 rings (SSSR count). The van der Waals surface area contributed by atoms with E-state index in [1.54, 1.807) is 0 Å². The number of guanidine groups is 1. The van der Waals surface area contributed by atoms with Crippen molar-refractivity contribution in [1.29, 1.82) is 0 Å². The van der Waals surface area contributed by atoms with Crippen LogP contribution in [0.15, 0.2) is 17.4 Å². The molecule has 0 aliphatic heterocycles. The number of aliphatic imine (C=N–C) groups is 1. The van der Waals surface area contributed by atoms with Gasteiger partial charge in [-0.3, -0.25) is 9.67 Å². The summed E-state index contributed by atoms with van der Waals surface area (Å²) in [6.07, 6.45) is 3.89. The predicted molar refractivity (Wildman–Crippen MR) is 86.6 cm³/mol. The van der Waals surface area contributed by atoms with Crippen molar-refractivity contribution in [2.45, 2.75) is 40.3 Å². The predicted octanol–water partition coefficient (Wildman–Crippen LogP) is 1.77. The van der Waals surface area contributed by atoms with Crippen molar-refractivity contribution < 1.29 is 0 Å². The van der Waals surface area contributed by atoms with Crippen LogP contribution in [0.2, 0.25) is 0 Å². The third-order valence-corrected chi connectivity index (χ3v) is 2.13. The highest BCUT2D eigenvalue weighted by Gasteiger charge is 1.99. The Balaban J connectivity index is 0.00000289. The minimum Gasteiger partial charge on any atom is -0.357 e. The molecule has 0 atom stereocenters. The third-order valence-electron chi connectivity index (χ3n) is 2.13. The van der Waals surface area contributed by atoms with Gasteiger partial charge >= 0.3 is 0 Å². The van der Waals surface area contributed by atoms with E-state index in [-0.39, 0.29) is 24.0 Å². The van der Waals surface area contributed by atoms with Crippen molar-refractivity contribution >= 4 is 29.9 Å². The summed E-state index contributed by atoms with van der Waals surface area (Å²) in [5, 5.41) is 10.7. The van der Waals surface area contributed by atoms with E-state index >= 15 is 0 Å². The fourth-order valence-corrected chi connectivity index (χ4v) is 1.45. The Hall–Kier alpha value is -0.790. The van der Waals surface area contributed by atoms with Gasteiger partial charge in [-0.15, -0.1) is 24.0 Å². The van der Waals surface area contributed by atoms with Crippen molar-refractivity contribution in [1.82, 2.24) is 20.4 Å². The molecule has 2 N–H and O–H groups in total. The van der Waals surface area contributed by atoms with Crippen molar-refractivity contribution in [3.63, 3.8) is 0 Å². The van der Waals surface area contributed by atoms with E-state index < -0.39 is 0 Å². The van der Waals surface area contributed by atoms with Crippen LogP contribution < -0.4 is 10.6 Å². The van der Waals surface area contributed by atoms with Gasteiger partial charge in [0.25, 0.3) is 0 Å². The second-order valence-electron chi connectivity index (χ2n) is 4.34. The highest BCUT2D eigenvalue weighted by Crippen LogP contribution is 1.93. The minimum atomic E-state index is 0. The van der Waals surface area contributed by atoms with Crippen molar-refractivity contribution in [3.8, 4) is 0 Å². The molecule has 6 heteroatoms. The van der Waals surface area contributed by atoms with E-state index in [9.17, 15) is 0 Å². The average Bonchev–Trinajstić information content (AvgIpc) is 2.63. The second kappa shape index (κ2) is 9.18. The molecule has 0 amide bonds. The Bertz CT molecular complexity index is 359. The van der Waals surface area contributed by atoms with Gasteiger partial charge in [0.1, 0.15) is 0 Å². The first-order valence-electron chi connectivity index (χ1n) is 6.15. The molecule has 0 bridgehead atoms. The molecular weight excluding hydrogens is 341 g/mol. The maximum atomic E-state index is 4.49. The molecule has 1 heterocycles. The highest BCUT2D eigenvalue weighted by atomic mass is 127. The summed E-state index contributed by atoms with van der Waals surface area (Å²) in [5.41, 5.74) is 1.18. The molecule has 0 aliphatic carbocycles. The van der Waals surface area contributed by atoms with E-state index in [2.05, 4.69) is 41.5 Å². The zero-order valence-electron chi connectivity index (χ0n) is 11.6. The van der Waals surface area contributed by atoms with Gasteiger partial charge in [-0.1, -0.05) is 0 Å². The van der Waals surface area contributed by atoms with Crippen LogP contribution in [-0.4, -0.2) is 34.9 Å². The molecule has 0 spiro atoms. The van der Waals surface area contributed by atoms with E-state index in [1.165, 1.54) is 5.56 Å². The van der Waals surface area contributed by atoms with Gasteiger partial charge in [0, 0.05) is 18.8 Å². The number of halogens is 1. The number of hydrogen-bond acceptors (Lipinski definition) is 2. The largest absolute Gasteiger partial charge is 0.357 e. The standard InChI is InChI=1S/C12H23N5.HI/c1-5-13-12(16-10(2)3)14-6-7-17-9-11(4)8-15-17;/h8-10H,5-7H2,1-4H3,(H2,13,14,16);1H. The molecule has 0 radical (unpaired) electrons. The Kier molecular flexibility index (Phi) is 8.78. The van der Waals surface area contributed by atoms with E-state index in [1.807, 2.05) is 24.0 Å². The number of aromatic nitrogens is 2. The molecule has 0 aromatic carbocycles. The molecule has 1 aromatic rings. The quantitative estimate of drug-likeness (QED) is 0.475. The molecule has 0 saturated heterocycles. The summed E-state index contributed by atoms with van der Waals surface area (Å²) in [6, 6.07) is 0.389. The minimum absolute atomic E-state index is 0. The van der Waals surface area contributed by atoms with Crippen LogP contribution in [0, 0.1) is 6.92 Å². The van der Waals surface area contributed by atoms with E-state index in [0.29, 0.717) is 6.04 Å². The average molecular weight is 365 g/mol. The van der Waals surface area contributed by atoms with Gasteiger partial charge in [0.15, 0.2) is 5.96 Å². The molecule has 1 aromatic heterocycles. The molecule has 0 unspecified atom stereocenters. The van der Waals surface area contributed by atoms with Gasteiger partial charge in [-0.05, 0) is 33.3 Å². The fraction of sp³-hybridized carbons (Fsp3) is 0.667. The Morgan fingerprint density at radius 2 is 2.22 bits per heavy atom. The van der Waals surface area contributed by atoms with Gasteiger partial charge in [-0.2, -0.15) is 5.10 Å². The van der Waals surface area contributed by atoms with Gasteiger partial charge in [0.2, 0.25) is 0 Å². The molecule has 18 heavy (non-hydrogen) atoms. The first kappa shape index (κ1) is 17.2. The van der Waals surface area contributed by atoms with Crippen LogP contribution in [0.1, 0.15) is 26.3 Å². The summed E-state index contributed by atoms with van der Waals surface area (Å²) in [5.74, 6) is 0.867. The zero-order valence-corrected chi connectivity index (χ0v) is 13.9. The van der Waals surface area contributed by atoms with E-state index in [0.717, 1.165) is 25.6 Å². The molecule has 104 valence electrons. The fourth-order valence-electron chi connectivity index (χ4n) is 1.45. The number of nitrogens with zero attached hydrogens (tertiary/aromatic N) is 3. The molecule has 0 fully saturated rings. The van der Waals surface area contributed by atoms with Crippen LogP contribution in [0.5, 0.6) is 0 Å². The van der Waals surface area contributed by atoms with Crippen molar-refractivity contribution in [2.24, 2.45) is 4.99 Å². The highest BCUT2D eigenvalue weighted by molar-refractivity contribution is 14.0. The maximum Gasteiger partial charge on any atom is 0.191 e. The molecule has 0 saturated carbocycles. The van der Waals surface area contributed by atoms with Crippen LogP contribution in [0.25, 0.3) is 0 Å². The van der Waals surface area contributed by atoms with Crippen LogP contribution in [0.4, 0.5) is 0 Å². The van der Waals surface area contributed by atoms with Gasteiger partial charge < -0.3 is 10.6 Å². The summed E-state index contributed by atoms with van der Waals surface area (Å²) in [4.78, 5) is 4.49. The smallest absolute Gasteiger partial charge is 0.191 e. The molecule has 5 nitrogen and oxygen atoms in total. The number of aryl methyl sites for hydroxylation is 1. The molecule has 0 aliphatic rings. The summed E-state index contributed by atoms with van der Waals surface area (Å²) in [7, 11) is 0.